The van der Waals surface area contributed by atoms with Gasteiger partial charge in [0.2, 0.25) is 5.91 Å². The molecule has 2 fully saturated rings. The Kier molecular flexibility index (Phi) is 5.75. The van der Waals surface area contributed by atoms with Crippen LogP contribution >= 0.6 is 0 Å². The molecule has 7 heteroatoms. The molecule has 2 heterocycles. The number of primary amides is 1. The van der Waals surface area contributed by atoms with E-state index in [1.807, 2.05) is 23.1 Å². The minimum Gasteiger partial charge on any atom is -0.370 e. The first-order valence-corrected chi connectivity index (χ1v) is 8.91. The number of nitrogens with two attached hydrogens (primary N) is 1. The maximum atomic E-state index is 12.4. The van der Waals surface area contributed by atoms with Crippen LogP contribution in [0.2, 0.25) is 0 Å². The molecule has 0 radical (unpaired) electrons. The first-order valence-electron chi connectivity index (χ1n) is 8.91. The monoisotopic (exact) mass is 346 g/mol. The molecule has 2 aliphatic rings. The van der Waals surface area contributed by atoms with Gasteiger partial charge in [0.1, 0.15) is 6.10 Å². The summed E-state index contributed by atoms with van der Waals surface area (Å²) in [6.45, 7) is 3.61. The van der Waals surface area contributed by atoms with Crippen molar-refractivity contribution in [2.24, 2.45) is 5.73 Å². The number of anilines is 1. The van der Waals surface area contributed by atoms with Crippen molar-refractivity contribution >= 4 is 17.6 Å². The molecule has 0 bridgehead atoms. The largest absolute Gasteiger partial charge is 0.370 e. The summed E-state index contributed by atoms with van der Waals surface area (Å²) in [5, 5.41) is 2.93. The van der Waals surface area contributed by atoms with Gasteiger partial charge in [-0.05, 0) is 31.4 Å². The van der Waals surface area contributed by atoms with E-state index in [2.05, 4.69) is 22.3 Å². The molecule has 0 aliphatic carbocycles. The van der Waals surface area contributed by atoms with Crippen molar-refractivity contribution in [3.63, 3.8) is 0 Å². The highest BCUT2D eigenvalue weighted by Gasteiger charge is 2.29. The predicted octanol–water partition coefficient (Wildman–Crippen LogP) is 0.941. The molecule has 1 aromatic carbocycles. The molecule has 2 aliphatic heterocycles. The van der Waals surface area contributed by atoms with Gasteiger partial charge in [-0.25, -0.2) is 4.79 Å². The number of carbonyl (C=O) groups is 2. The maximum absolute atomic E-state index is 12.4. The second-order valence-corrected chi connectivity index (χ2v) is 6.58. The first-order chi connectivity index (χ1) is 12.1. The molecular formula is C18H26N4O3. The van der Waals surface area contributed by atoms with E-state index in [1.54, 1.807) is 0 Å². The van der Waals surface area contributed by atoms with Gasteiger partial charge in [0.05, 0.1) is 6.10 Å². The van der Waals surface area contributed by atoms with E-state index in [-0.39, 0.29) is 12.1 Å². The molecule has 3 rings (SSSR count). The molecule has 0 aromatic heterocycles. The number of nitrogens with zero attached hydrogens (tertiary/aromatic N) is 2. The smallest absolute Gasteiger partial charge is 0.317 e. The van der Waals surface area contributed by atoms with Crippen molar-refractivity contribution in [3.05, 3.63) is 30.3 Å². The predicted molar refractivity (Wildman–Crippen MR) is 95.3 cm³/mol. The van der Waals surface area contributed by atoms with Crippen LogP contribution in [-0.4, -0.2) is 61.8 Å². The lowest BCUT2D eigenvalue weighted by Gasteiger charge is -2.24. The number of amides is 3. The zero-order chi connectivity index (χ0) is 17.6. The number of carbonyl (C=O) groups excluding carboxylic acids is 2. The summed E-state index contributed by atoms with van der Waals surface area (Å²) in [5.41, 5.74) is 6.44. The first kappa shape index (κ1) is 17.5. The van der Waals surface area contributed by atoms with Crippen LogP contribution in [0, 0.1) is 0 Å². The number of ether oxygens (including phenoxy) is 1. The molecule has 0 spiro atoms. The minimum atomic E-state index is -0.514. The van der Waals surface area contributed by atoms with Gasteiger partial charge >= 0.3 is 6.03 Å². The van der Waals surface area contributed by atoms with E-state index in [4.69, 9.17) is 10.5 Å². The van der Waals surface area contributed by atoms with Crippen LogP contribution in [0.5, 0.6) is 0 Å². The highest BCUT2D eigenvalue weighted by Crippen LogP contribution is 2.19. The zero-order valence-corrected chi connectivity index (χ0v) is 14.4. The van der Waals surface area contributed by atoms with Crippen molar-refractivity contribution < 1.29 is 14.3 Å². The van der Waals surface area contributed by atoms with Gasteiger partial charge in [-0.1, -0.05) is 18.2 Å². The van der Waals surface area contributed by atoms with E-state index in [1.165, 1.54) is 5.69 Å². The Morgan fingerprint density at radius 3 is 2.64 bits per heavy atom. The van der Waals surface area contributed by atoms with E-state index in [9.17, 15) is 9.59 Å². The van der Waals surface area contributed by atoms with Crippen LogP contribution in [0.1, 0.15) is 19.3 Å². The Morgan fingerprint density at radius 1 is 1.12 bits per heavy atom. The molecule has 0 unspecified atom stereocenters. The van der Waals surface area contributed by atoms with Gasteiger partial charge < -0.3 is 25.6 Å². The van der Waals surface area contributed by atoms with Gasteiger partial charge in [-0.15, -0.1) is 0 Å². The van der Waals surface area contributed by atoms with Gasteiger partial charge in [0.25, 0.3) is 0 Å². The lowest BCUT2D eigenvalue weighted by molar-refractivity contribution is -0.128. The molecule has 25 heavy (non-hydrogen) atoms. The normalized spacial score (nSPS) is 24.0. The van der Waals surface area contributed by atoms with Crippen LogP contribution in [0.4, 0.5) is 10.5 Å². The molecule has 0 saturated carbocycles. The standard InChI is InChI=1S/C18H26N4O3/c19-17(23)16-8-7-15(25-16)13-20-18(24)22-10-4-9-21(11-12-22)14-5-2-1-3-6-14/h1-3,5-6,15-16H,4,7-13H2,(H2,19,23)(H,20,24)/t15-,16+/m0/s1. The number of hydrogen-bond donors (Lipinski definition) is 2. The van der Waals surface area contributed by atoms with Crippen molar-refractivity contribution in [3.8, 4) is 0 Å². The lowest BCUT2D eigenvalue weighted by atomic mass is 10.2. The fourth-order valence-corrected chi connectivity index (χ4v) is 3.40. The number of hydrogen-bond acceptors (Lipinski definition) is 4. The fraction of sp³-hybridized carbons (Fsp3) is 0.556. The summed E-state index contributed by atoms with van der Waals surface area (Å²) >= 11 is 0. The van der Waals surface area contributed by atoms with Crippen molar-refractivity contribution in [1.29, 1.82) is 0 Å². The molecule has 7 nitrogen and oxygen atoms in total. The molecule has 136 valence electrons. The average Bonchev–Trinajstić information content (AvgIpc) is 2.97. The van der Waals surface area contributed by atoms with Gasteiger partial charge in [-0.2, -0.15) is 0 Å². The lowest BCUT2D eigenvalue weighted by Crippen LogP contribution is -2.44. The van der Waals surface area contributed by atoms with Crippen molar-refractivity contribution in [2.45, 2.75) is 31.5 Å². The Labute approximate surface area is 148 Å². The highest BCUT2D eigenvalue weighted by molar-refractivity contribution is 5.79. The summed E-state index contributed by atoms with van der Waals surface area (Å²) in [6.07, 6.45) is 1.67. The third kappa shape index (κ3) is 4.63. The van der Waals surface area contributed by atoms with Gasteiger partial charge in [0, 0.05) is 38.4 Å². The molecule has 1 aromatic rings. The molecule has 2 atom stereocenters. The number of urea groups is 1. The Morgan fingerprint density at radius 2 is 1.92 bits per heavy atom. The number of rotatable bonds is 4. The summed E-state index contributed by atoms with van der Waals surface area (Å²) in [6, 6.07) is 10.2. The van der Waals surface area contributed by atoms with Crippen LogP contribution < -0.4 is 16.0 Å². The van der Waals surface area contributed by atoms with Crippen LogP contribution in [0.3, 0.4) is 0 Å². The third-order valence-electron chi connectivity index (χ3n) is 4.81. The summed E-state index contributed by atoms with van der Waals surface area (Å²) < 4.78 is 5.54. The highest BCUT2D eigenvalue weighted by atomic mass is 16.5. The second-order valence-electron chi connectivity index (χ2n) is 6.58. The molecular weight excluding hydrogens is 320 g/mol. The minimum absolute atomic E-state index is 0.0685. The maximum Gasteiger partial charge on any atom is 0.317 e. The van der Waals surface area contributed by atoms with Gasteiger partial charge in [0.15, 0.2) is 0 Å². The summed E-state index contributed by atoms with van der Waals surface area (Å²) in [4.78, 5) is 27.7. The quantitative estimate of drug-likeness (QED) is 0.849. The number of nitrogens with one attached hydrogen (secondary N) is 1. The summed E-state index contributed by atoms with van der Waals surface area (Å²) in [5.74, 6) is -0.428. The number of benzene rings is 1. The van der Waals surface area contributed by atoms with Crippen LogP contribution in [-0.2, 0) is 9.53 Å². The van der Waals surface area contributed by atoms with Crippen molar-refractivity contribution in [1.82, 2.24) is 10.2 Å². The average molecular weight is 346 g/mol. The Hall–Kier alpha value is -2.28. The second kappa shape index (κ2) is 8.20. The van der Waals surface area contributed by atoms with Gasteiger partial charge in [-0.3, -0.25) is 4.79 Å². The van der Waals surface area contributed by atoms with E-state index < -0.39 is 12.0 Å². The van der Waals surface area contributed by atoms with E-state index in [0.717, 1.165) is 32.5 Å². The SMILES string of the molecule is NC(=O)[C@H]1CC[C@@H](CNC(=O)N2CCCN(c3ccccc3)CC2)O1. The Bertz CT molecular complexity index is 595. The van der Waals surface area contributed by atoms with E-state index >= 15 is 0 Å². The fourth-order valence-electron chi connectivity index (χ4n) is 3.40. The zero-order valence-electron chi connectivity index (χ0n) is 14.4. The topological polar surface area (TPSA) is 87.9 Å². The molecule has 2 saturated heterocycles. The third-order valence-corrected chi connectivity index (χ3v) is 4.81. The number of para-hydroxylation sites is 1. The van der Waals surface area contributed by atoms with Crippen LogP contribution in [0.25, 0.3) is 0 Å². The Balaban J connectivity index is 1.45. The molecule has 3 amide bonds. The van der Waals surface area contributed by atoms with Crippen molar-refractivity contribution in [2.75, 3.05) is 37.6 Å². The summed E-state index contributed by atoms with van der Waals surface area (Å²) in [7, 11) is 0. The molecule has 3 N–H and O–H groups in total. The van der Waals surface area contributed by atoms with Crippen LogP contribution in [0.15, 0.2) is 30.3 Å². The van der Waals surface area contributed by atoms with E-state index in [0.29, 0.717) is 19.5 Å².